The van der Waals surface area contributed by atoms with Crippen LogP contribution in [0.5, 0.6) is 0 Å². The SMILES string of the molecule is Cc1c(C)c(C(=O)O)c(C)c(C(=O)O)c1C. The highest BCUT2D eigenvalue weighted by molar-refractivity contribution is 5.99. The van der Waals surface area contributed by atoms with Gasteiger partial charge in [-0.1, -0.05) is 0 Å². The van der Waals surface area contributed by atoms with Crippen LogP contribution in [0, 0.1) is 27.7 Å². The van der Waals surface area contributed by atoms with E-state index in [0.717, 1.165) is 5.56 Å². The third-order valence-corrected chi connectivity index (χ3v) is 3.05. The number of benzene rings is 1. The van der Waals surface area contributed by atoms with Gasteiger partial charge in [-0.05, 0) is 49.9 Å². The van der Waals surface area contributed by atoms with Crippen molar-refractivity contribution in [1.29, 1.82) is 0 Å². The van der Waals surface area contributed by atoms with E-state index in [2.05, 4.69) is 0 Å². The van der Waals surface area contributed by atoms with Crippen molar-refractivity contribution in [2.45, 2.75) is 27.7 Å². The van der Waals surface area contributed by atoms with E-state index in [0.29, 0.717) is 16.7 Å². The molecule has 0 spiro atoms. The number of rotatable bonds is 2. The summed E-state index contributed by atoms with van der Waals surface area (Å²) < 4.78 is 0. The summed E-state index contributed by atoms with van der Waals surface area (Å²) in [6, 6.07) is 0. The van der Waals surface area contributed by atoms with Gasteiger partial charge in [-0.2, -0.15) is 0 Å². The lowest BCUT2D eigenvalue weighted by Crippen LogP contribution is -2.13. The Balaban J connectivity index is 3.80. The fourth-order valence-electron chi connectivity index (χ4n) is 1.99. The van der Waals surface area contributed by atoms with Crippen molar-refractivity contribution >= 4 is 11.9 Å². The zero-order chi connectivity index (χ0) is 12.6. The Labute approximate surface area is 93.5 Å². The molecule has 0 amide bonds. The van der Waals surface area contributed by atoms with Crippen LogP contribution in [0.2, 0.25) is 0 Å². The number of carboxylic acids is 2. The van der Waals surface area contributed by atoms with E-state index in [9.17, 15) is 9.59 Å². The van der Waals surface area contributed by atoms with E-state index in [4.69, 9.17) is 10.2 Å². The fraction of sp³-hybridized carbons (Fsp3) is 0.333. The summed E-state index contributed by atoms with van der Waals surface area (Å²) in [5.74, 6) is -2.17. The maximum Gasteiger partial charge on any atom is 0.336 e. The second-order valence-corrected chi connectivity index (χ2v) is 3.86. The van der Waals surface area contributed by atoms with E-state index in [-0.39, 0.29) is 11.1 Å². The Kier molecular flexibility index (Phi) is 3.03. The average molecular weight is 222 g/mol. The molecule has 0 aromatic heterocycles. The lowest BCUT2D eigenvalue weighted by atomic mass is 9.89. The Hall–Kier alpha value is -1.84. The molecular formula is C12H14O4. The van der Waals surface area contributed by atoms with Gasteiger partial charge in [0.15, 0.2) is 0 Å². The van der Waals surface area contributed by atoms with Crippen LogP contribution in [-0.2, 0) is 0 Å². The number of hydrogen-bond donors (Lipinski definition) is 2. The quantitative estimate of drug-likeness (QED) is 0.805. The summed E-state index contributed by atoms with van der Waals surface area (Å²) in [6.07, 6.45) is 0. The van der Waals surface area contributed by atoms with Crippen LogP contribution in [-0.4, -0.2) is 22.2 Å². The molecule has 1 aromatic carbocycles. The van der Waals surface area contributed by atoms with Crippen LogP contribution in [0.3, 0.4) is 0 Å². The average Bonchev–Trinajstić information content (AvgIpc) is 2.13. The minimum absolute atomic E-state index is 0.0977. The minimum atomic E-state index is -1.08. The fourth-order valence-corrected chi connectivity index (χ4v) is 1.99. The van der Waals surface area contributed by atoms with Crippen molar-refractivity contribution in [2.24, 2.45) is 0 Å². The van der Waals surface area contributed by atoms with Gasteiger partial charge in [0.25, 0.3) is 0 Å². The van der Waals surface area contributed by atoms with Gasteiger partial charge in [-0.25, -0.2) is 9.59 Å². The van der Waals surface area contributed by atoms with Crippen molar-refractivity contribution in [2.75, 3.05) is 0 Å². The lowest BCUT2D eigenvalue weighted by Gasteiger charge is -2.15. The monoisotopic (exact) mass is 222 g/mol. The van der Waals surface area contributed by atoms with Crippen molar-refractivity contribution in [3.05, 3.63) is 33.4 Å². The molecule has 16 heavy (non-hydrogen) atoms. The molecule has 1 rings (SSSR count). The van der Waals surface area contributed by atoms with Crippen molar-refractivity contribution in [3.63, 3.8) is 0 Å². The first-order valence-electron chi connectivity index (χ1n) is 4.86. The summed E-state index contributed by atoms with van der Waals surface area (Å²) in [4.78, 5) is 22.2. The molecule has 0 unspecified atom stereocenters. The minimum Gasteiger partial charge on any atom is -0.478 e. The number of carboxylic acid groups (broad SMARTS) is 2. The third kappa shape index (κ3) is 1.66. The van der Waals surface area contributed by atoms with E-state index in [1.165, 1.54) is 6.92 Å². The molecule has 0 fully saturated rings. The predicted molar refractivity (Wildman–Crippen MR) is 59.3 cm³/mol. The maximum absolute atomic E-state index is 11.1. The van der Waals surface area contributed by atoms with Gasteiger partial charge in [0, 0.05) is 0 Å². The molecule has 1 aromatic rings. The first-order chi connectivity index (χ1) is 7.29. The van der Waals surface area contributed by atoms with Crippen molar-refractivity contribution in [1.82, 2.24) is 0 Å². The maximum atomic E-state index is 11.1. The van der Waals surface area contributed by atoms with Crippen LogP contribution in [0.15, 0.2) is 0 Å². The van der Waals surface area contributed by atoms with Gasteiger partial charge in [0.2, 0.25) is 0 Å². The van der Waals surface area contributed by atoms with Crippen molar-refractivity contribution < 1.29 is 19.8 Å². The van der Waals surface area contributed by atoms with E-state index in [1.54, 1.807) is 20.8 Å². The molecule has 0 heterocycles. The predicted octanol–water partition coefficient (Wildman–Crippen LogP) is 2.32. The molecular weight excluding hydrogens is 208 g/mol. The number of carbonyl (C=O) groups is 2. The highest BCUT2D eigenvalue weighted by atomic mass is 16.4. The first-order valence-corrected chi connectivity index (χ1v) is 4.86. The molecule has 4 nitrogen and oxygen atoms in total. The second kappa shape index (κ2) is 3.96. The Morgan fingerprint density at radius 1 is 0.688 bits per heavy atom. The number of hydrogen-bond acceptors (Lipinski definition) is 2. The molecule has 0 saturated carbocycles. The molecule has 0 atom stereocenters. The zero-order valence-electron chi connectivity index (χ0n) is 9.71. The van der Waals surface area contributed by atoms with Gasteiger partial charge in [0.1, 0.15) is 0 Å². The largest absolute Gasteiger partial charge is 0.478 e. The Morgan fingerprint density at radius 3 is 1.25 bits per heavy atom. The van der Waals surface area contributed by atoms with Crippen LogP contribution in [0.1, 0.15) is 43.0 Å². The van der Waals surface area contributed by atoms with Crippen LogP contribution in [0.4, 0.5) is 0 Å². The van der Waals surface area contributed by atoms with Gasteiger partial charge < -0.3 is 10.2 Å². The first kappa shape index (κ1) is 12.2. The summed E-state index contributed by atoms with van der Waals surface area (Å²) in [7, 11) is 0. The molecule has 86 valence electrons. The molecule has 0 aliphatic heterocycles. The van der Waals surface area contributed by atoms with Gasteiger partial charge in [0.05, 0.1) is 11.1 Å². The normalized spacial score (nSPS) is 10.2. The molecule has 4 heteroatoms. The molecule has 0 radical (unpaired) electrons. The summed E-state index contributed by atoms with van der Waals surface area (Å²) in [5, 5.41) is 18.2. The van der Waals surface area contributed by atoms with Crippen molar-refractivity contribution in [3.8, 4) is 0 Å². The van der Waals surface area contributed by atoms with E-state index in [1.807, 2.05) is 0 Å². The molecule has 0 bridgehead atoms. The van der Waals surface area contributed by atoms with Crippen LogP contribution < -0.4 is 0 Å². The standard InChI is InChI=1S/C12H14O4/c1-5-6(2)9(11(13)14)8(4)10(7(5)3)12(15)16/h1-4H3,(H,13,14)(H,15,16). The topological polar surface area (TPSA) is 74.6 Å². The highest BCUT2D eigenvalue weighted by Crippen LogP contribution is 2.26. The lowest BCUT2D eigenvalue weighted by molar-refractivity contribution is 0.0695. The van der Waals surface area contributed by atoms with E-state index < -0.39 is 11.9 Å². The van der Waals surface area contributed by atoms with Crippen LogP contribution >= 0.6 is 0 Å². The second-order valence-electron chi connectivity index (χ2n) is 3.86. The number of aromatic carboxylic acids is 2. The van der Waals surface area contributed by atoms with Gasteiger partial charge in [-0.3, -0.25) is 0 Å². The summed E-state index contributed by atoms with van der Waals surface area (Å²) in [6.45, 7) is 6.67. The molecule has 0 aliphatic rings. The Bertz CT molecular complexity index is 445. The molecule has 2 N–H and O–H groups in total. The highest BCUT2D eigenvalue weighted by Gasteiger charge is 2.22. The van der Waals surface area contributed by atoms with Gasteiger partial charge in [-0.15, -0.1) is 0 Å². The third-order valence-electron chi connectivity index (χ3n) is 3.05. The molecule has 0 saturated heterocycles. The van der Waals surface area contributed by atoms with Gasteiger partial charge >= 0.3 is 11.9 Å². The summed E-state index contributed by atoms with van der Waals surface area (Å²) in [5.41, 5.74) is 2.50. The smallest absolute Gasteiger partial charge is 0.336 e. The zero-order valence-corrected chi connectivity index (χ0v) is 9.71. The summed E-state index contributed by atoms with van der Waals surface area (Å²) >= 11 is 0. The molecule has 0 aliphatic carbocycles. The van der Waals surface area contributed by atoms with E-state index >= 15 is 0 Å². The Morgan fingerprint density at radius 2 is 1.00 bits per heavy atom. The van der Waals surface area contributed by atoms with Crippen LogP contribution in [0.25, 0.3) is 0 Å².